The van der Waals surface area contributed by atoms with E-state index in [1.54, 1.807) is 14.2 Å². The predicted octanol–water partition coefficient (Wildman–Crippen LogP) is 4.62. The second kappa shape index (κ2) is 8.25. The summed E-state index contributed by atoms with van der Waals surface area (Å²) >= 11 is 0. The molecule has 0 aliphatic carbocycles. The molecule has 154 valence electrons. The molecule has 30 heavy (non-hydrogen) atoms. The van der Waals surface area contributed by atoms with E-state index in [0.29, 0.717) is 12.1 Å². The third-order valence-electron chi connectivity index (χ3n) is 6.19. The second-order valence-electron chi connectivity index (χ2n) is 7.83. The van der Waals surface area contributed by atoms with Crippen LogP contribution in [0.4, 0.5) is 5.69 Å². The molecule has 3 aromatic rings. The van der Waals surface area contributed by atoms with Gasteiger partial charge in [-0.25, -0.2) is 0 Å². The SMILES string of the molecule is COc1cc2c(cc1OC)C(C)N(Cc1ccc3c(CC#N)c(N)ccc3c1)CC2. The van der Waals surface area contributed by atoms with Crippen LogP contribution in [0.5, 0.6) is 11.5 Å². The van der Waals surface area contributed by atoms with Crippen molar-refractivity contribution in [1.82, 2.24) is 4.90 Å². The van der Waals surface area contributed by atoms with Crippen molar-refractivity contribution in [3.63, 3.8) is 0 Å². The number of hydrogen-bond donors (Lipinski definition) is 1. The molecule has 1 aliphatic rings. The smallest absolute Gasteiger partial charge is 0.161 e. The molecule has 1 unspecified atom stereocenters. The molecule has 3 aromatic carbocycles. The number of ether oxygens (including phenoxy) is 2. The van der Waals surface area contributed by atoms with Gasteiger partial charge in [-0.15, -0.1) is 0 Å². The molecule has 2 N–H and O–H groups in total. The molecule has 0 fully saturated rings. The summed E-state index contributed by atoms with van der Waals surface area (Å²) in [6.07, 6.45) is 1.31. The molecule has 0 saturated carbocycles. The van der Waals surface area contributed by atoms with Crippen molar-refractivity contribution in [3.8, 4) is 17.6 Å². The van der Waals surface area contributed by atoms with Gasteiger partial charge >= 0.3 is 0 Å². The van der Waals surface area contributed by atoms with Gasteiger partial charge in [-0.1, -0.05) is 18.2 Å². The topological polar surface area (TPSA) is 71.5 Å². The van der Waals surface area contributed by atoms with E-state index in [-0.39, 0.29) is 6.04 Å². The van der Waals surface area contributed by atoms with Crippen molar-refractivity contribution in [3.05, 3.63) is 64.7 Å². The van der Waals surface area contributed by atoms with Crippen molar-refractivity contribution < 1.29 is 9.47 Å². The first-order chi connectivity index (χ1) is 14.5. The normalized spacial score (nSPS) is 16.1. The molecular weight excluding hydrogens is 374 g/mol. The van der Waals surface area contributed by atoms with Gasteiger partial charge in [0.2, 0.25) is 0 Å². The van der Waals surface area contributed by atoms with Crippen LogP contribution in [0.15, 0.2) is 42.5 Å². The highest BCUT2D eigenvalue weighted by Gasteiger charge is 2.26. The minimum atomic E-state index is 0.282. The standard InChI is InChI=1S/C25H27N3O2/c1-16-22-14-25(30-3)24(29-2)13-19(22)9-11-28(16)15-17-4-6-20-18(12-17)5-7-23(27)21(20)8-10-26/h4-7,12-14,16H,8-9,11,15,27H2,1-3H3. The lowest BCUT2D eigenvalue weighted by Gasteiger charge is -2.36. The quantitative estimate of drug-likeness (QED) is 0.632. The maximum absolute atomic E-state index is 9.13. The van der Waals surface area contributed by atoms with E-state index < -0.39 is 0 Å². The van der Waals surface area contributed by atoms with Gasteiger partial charge < -0.3 is 15.2 Å². The number of hydrogen-bond acceptors (Lipinski definition) is 5. The predicted molar refractivity (Wildman–Crippen MR) is 120 cm³/mol. The van der Waals surface area contributed by atoms with Crippen molar-refractivity contribution in [2.75, 3.05) is 26.5 Å². The number of nitrogen functional groups attached to an aromatic ring is 1. The highest BCUT2D eigenvalue weighted by Crippen LogP contribution is 2.38. The van der Waals surface area contributed by atoms with Gasteiger partial charge in [-0.05, 0) is 70.6 Å². The highest BCUT2D eigenvalue weighted by atomic mass is 16.5. The Hall–Kier alpha value is -3.23. The molecule has 0 saturated heterocycles. The summed E-state index contributed by atoms with van der Waals surface area (Å²) in [5.41, 5.74) is 11.6. The number of benzene rings is 3. The van der Waals surface area contributed by atoms with Crippen LogP contribution in [0.25, 0.3) is 10.8 Å². The zero-order chi connectivity index (χ0) is 21.3. The number of nitrogens with zero attached hydrogens (tertiary/aromatic N) is 2. The molecule has 1 aliphatic heterocycles. The van der Waals surface area contributed by atoms with Crippen molar-refractivity contribution >= 4 is 16.5 Å². The molecule has 0 radical (unpaired) electrons. The first-order valence-electron chi connectivity index (χ1n) is 10.2. The lowest BCUT2D eigenvalue weighted by Crippen LogP contribution is -2.33. The Labute approximate surface area is 177 Å². The Kier molecular flexibility index (Phi) is 5.52. The van der Waals surface area contributed by atoms with Crippen LogP contribution in [-0.4, -0.2) is 25.7 Å². The van der Waals surface area contributed by atoms with Crippen LogP contribution >= 0.6 is 0 Å². The molecule has 4 rings (SSSR count). The maximum Gasteiger partial charge on any atom is 0.161 e. The number of methoxy groups -OCH3 is 2. The van der Waals surface area contributed by atoms with E-state index >= 15 is 0 Å². The monoisotopic (exact) mass is 401 g/mol. The Morgan fingerprint density at radius 2 is 1.87 bits per heavy atom. The molecule has 5 nitrogen and oxygen atoms in total. The second-order valence-corrected chi connectivity index (χ2v) is 7.83. The maximum atomic E-state index is 9.13. The molecular formula is C25H27N3O2. The fraction of sp³-hybridized carbons (Fsp3) is 0.320. The van der Waals surface area contributed by atoms with E-state index in [1.807, 2.05) is 12.1 Å². The number of anilines is 1. The van der Waals surface area contributed by atoms with E-state index in [2.05, 4.69) is 48.2 Å². The average molecular weight is 402 g/mol. The van der Waals surface area contributed by atoms with Crippen LogP contribution in [0.2, 0.25) is 0 Å². The summed E-state index contributed by atoms with van der Waals surface area (Å²) in [4.78, 5) is 2.49. The molecule has 1 atom stereocenters. The van der Waals surface area contributed by atoms with Crippen LogP contribution in [0.3, 0.4) is 0 Å². The summed E-state index contributed by atoms with van der Waals surface area (Å²) in [6, 6.07) is 17.1. The number of nitrogens with two attached hydrogens (primary N) is 1. The first kappa shape index (κ1) is 20.1. The van der Waals surface area contributed by atoms with Crippen molar-refractivity contribution in [2.24, 2.45) is 0 Å². The van der Waals surface area contributed by atoms with Crippen LogP contribution < -0.4 is 15.2 Å². The third kappa shape index (κ3) is 3.55. The van der Waals surface area contributed by atoms with Crippen LogP contribution in [0, 0.1) is 11.3 Å². The fourth-order valence-electron chi connectivity index (χ4n) is 4.48. The van der Waals surface area contributed by atoms with Gasteiger partial charge in [-0.2, -0.15) is 5.26 Å². The van der Waals surface area contributed by atoms with Crippen molar-refractivity contribution in [2.45, 2.75) is 32.4 Å². The largest absolute Gasteiger partial charge is 0.493 e. The lowest BCUT2D eigenvalue weighted by molar-refractivity contribution is 0.189. The van der Waals surface area contributed by atoms with E-state index in [4.69, 9.17) is 20.5 Å². The third-order valence-corrected chi connectivity index (χ3v) is 6.19. The lowest BCUT2D eigenvalue weighted by atomic mass is 9.92. The van der Waals surface area contributed by atoms with Gasteiger partial charge in [0.05, 0.1) is 26.7 Å². The summed E-state index contributed by atoms with van der Waals surface area (Å²) in [6.45, 7) is 4.10. The molecule has 1 heterocycles. The highest BCUT2D eigenvalue weighted by molar-refractivity contribution is 5.90. The molecule has 0 bridgehead atoms. The zero-order valence-corrected chi connectivity index (χ0v) is 17.7. The first-order valence-corrected chi connectivity index (χ1v) is 10.2. The van der Waals surface area contributed by atoms with E-state index in [1.165, 1.54) is 16.7 Å². The summed E-state index contributed by atoms with van der Waals surface area (Å²) < 4.78 is 11.0. The Balaban J connectivity index is 1.62. The minimum Gasteiger partial charge on any atom is -0.493 e. The summed E-state index contributed by atoms with van der Waals surface area (Å²) in [5, 5.41) is 11.3. The van der Waals surface area contributed by atoms with Gasteiger partial charge in [0.25, 0.3) is 0 Å². The molecule has 0 aromatic heterocycles. The van der Waals surface area contributed by atoms with Gasteiger partial charge in [0, 0.05) is 24.8 Å². The Morgan fingerprint density at radius 3 is 2.60 bits per heavy atom. The Morgan fingerprint density at radius 1 is 1.10 bits per heavy atom. The van der Waals surface area contributed by atoms with Crippen LogP contribution in [-0.2, 0) is 19.4 Å². The van der Waals surface area contributed by atoms with Gasteiger partial charge in [0.1, 0.15) is 0 Å². The van der Waals surface area contributed by atoms with E-state index in [0.717, 1.165) is 47.3 Å². The van der Waals surface area contributed by atoms with Gasteiger partial charge in [-0.3, -0.25) is 4.90 Å². The van der Waals surface area contributed by atoms with Crippen molar-refractivity contribution in [1.29, 1.82) is 5.26 Å². The number of rotatable bonds is 5. The molecule has 0 amide bonds. The fourth-order valence-corrected chi connectivity index (χ4v) is 4.48. The summed E-state index contributed by atoms with van der Waals surface area (Å²) in [5.74, 6) is 1.57. The van der Waals surface area contributed by atoms with E-state index in [9.17, 15) is 0 Å². The van der Waals surface area contributed by atoms with Gasteiger partial charge in [0.15, 0.2) is 11.5 Å². The zero-order valence-electron chi connectivity index (χ0n) is 17.7. The average Bonchev–Trinajstić information content (AvgIpc) is 2.77. The molecule has 0 spiro atoms. The number of nitriles is 1. The van der Waals surface area contributed by atoms with Crippen LogP contribution in [0.1, 0.15) is 35.2 Å². The minimum absolute atomic E-state index is 0.282. The number of fused-ring (bicyclic) bond motifs is 2. The summed E-state index contributed by atoms with van der Waals surface area (Å²) in [7, 11) is 3.36. The Bertz CT molecular complexity index is 1130. The molecule has 5 heteroatoms.